The van der Waals surface area contributed by atoms with E-state index in [1.54, 1.807) is 11.1 Å². The van der Waals surface area contributed by atoms with Crippen LogP contribution >= 0.6 is 0 Å². The van der Waals surface area contributed by atoms with Gasteiger partial charge < -0.3 is 5.32 Å². The zero-order chi connectivity index (χ0) is 10.7. The Morgan fingerprint density at radius 3 is 2.80 bits per heavy atom. The predicted octanol–water partition coefficient (Wildman–Crippen LogP) is 3.24. The molecule has 15 heavy (non-hydrogen) atoms. The van der Waals surface area contributed by atoms with Crippen LogP contribution < -0.4 is 5.32 Å². The van der Waals surface area contributed by atoms with Crippen molar-refractivity contribution in [3.8, 4) is 0 Å². The molecule has 1 aromatic rings. The lowest BCUT2D eigenvalue weighted by molar-refractivity contribution is 0.279. The summed E-state index contributed by atoms with van der Waals surface area (Å²) >= 11 is 0. The zero-order valence-corrected chi connectivity index (χ0v) is 9.84. The molecule has 1 nitrogen and oxygen atoms in total. The summed E-state index contributed by atoms with van der Waals surface area (Å²) in [5.74, 6) is 0. The molecule has 0 aliphatic carbocycles. The molecule has 1 unspecified atom stereocenters. The monoisotopic (exact) mass is 203 g/mol. The Balaban J connectivity index is 2.42. The Kier molecular flexibility index (Phi) is 3.11. The van der Waals surface area contributed by atoms with Crippen molar-refractivity contribution in [3.05, 3.63) is 35.4 Å². The van der Waals surface area contributed by atoms with Crippen molar-refractivity contribution in [2.24, 2.45) is 0 Å². The fourth-order valence-corrected chi connectivity index (χ4v) is 2.88. The summed E-state index contributed by atoms with van der Waals surface area (Å²) in [7, 11) is 0. The minimum Gasteiger partial charge on any atom is -0.307 e. The smallest absolute Gasteiger partial charge is 0.0434 e. The first-order valence-corrected chi connectivity index (χ1v) is 6.16. The van der Waals surface area contributed by atoms with Crippen molar-refractivity contribution in [2.75, 3.05) is 6.54 Å². The molecule has 2 rings (SSSR count). The third-order valence-electron chi connectivity index (χ3n) is 3.67. The van der Waals surface area contributed by atoms with E-state index in [0.717, 1.165) is 6.54 Å². The number of hydrogen-bond acceptors (Lipinski definition) is 1. The molecule has 0 radical (unpaired) electrons. The second kappa shape index (κ2) is 4.36. The second-order valence-corrected chi connectivity index (χ2v) is 4.52. The van der Waals surface area contributed by atoms with E-state index in [1.807, 2.05) is 0 Å². The number of fused-ring (bicyclic) bond motifs is 1. The van der Waals surface area contributed by atoms with Crippen LogP contribution in [0.1, 0.15) is 44.2 Å². The fraction of sp³-hybridized carbons (Fsp3) is 0.571. The molecule has 1 heterocycles. The van der Waals surface area contributed by atoms with Crippen LogP contribution in [0.25, 0.3) is 0 Å². The van der Waals surface area contributed by atoms with Gasteiger partial charge >= 0.3 is 0 Å². The molecule has 1 aliphatic heterocycles. The summed E-state index contributed by atoms with van der Waals surface area (Å²) in [5, 5.41) is 3.74. The summed E-state index contributed by atoms with van der Waals surface area (Å²) in [4.78, 5) is 0. The lowest BCUT2D eigenvalue weighted by atomic mass is 9.77. The van der Waals surface area contributed by atoms with Crippen molar-refractivity contribution in [1.82, 2.24) is 5.32 Å². The molecule has 0 aromatic heterocycles. The lowest BCUT2D eigenvalue weighted by Gasteiger charge is -2.40. The van der Waals surface area contributed by atoms with E-state index in [9.17, 15) is 0 Å². The molecule has 1 aliphatic rings. The van der Waals surface area contributed by atoms with Crippen LogP contribution in [-0.4, -0.2) is 6.54 Å². The quantitative estimate of drug-likeness (QED) is 0.795. The van der Waals surface area contributed by atoms with E-state index < -0.39 is 0 Å². The first kappa shape index (κ1) is 10.7. The molecule has 0 saturated heterocycles. The highest BCUT2D eigenvalue weighted by Crippen LogP contribution is 2.35. The van der Waals surface area contributed by atoms with Gasteiger partial charge in [0.15, 0.2) is 0 Å². The third-order valence-corrected chi connectivity index (χ3v) is 3.67. The SMILES string of the molecule is CCCC1(CC)NCCc2ccccc21. The van der Waals surface area contributed by atoms with Crippen LogP contribution in [0.3, 0.4) is 0 Å². The van der Waals surface area contributed by atoms with Gasteiger partial charge in [-0.1, -0.05) is 44.5 Å². The summed E-state index contributed by atoms with van der Waals surface area (Å²) < 4.78 is 0. The van der Waals surface area contributed by atoms with Crippen molar-refractivity contribution >= 4 is 0 Å². The van der Waals surface area contributed by atoms with Gasteiger partial charge in [0.25, 0.3) is 0 Å². The predicted molar refractivity (Wildman–Crippen MR) is 65.0 cm³/mol. The molecule has 0 spiro atoms. The van der Waals surface area contributed by atoms with Gasteiger partial charge in [0.2, 0.25) is 0 Å². The van der Waals surface area contributed by atoms with Crippen molar-refractivity contribution in [3.63, 3.8) is 0 Å². The van der Waals surface area contributed by atoms with Gasteiger partial charge in [-0.2, -0.15) is 0 Å². The van der Waals surface area contributed by atoms with E-state index >= 15 is 0 Å². The number of benzene rings is 1. The Hall–Kier alpha value is -0.820. The molecule has 1 heteroatoms. The molecular formula is C14H21N. The largest absolute Gasteiger partial charge is 0.307 e. The first-order valence-electron chi connectivity index (χ1n) is 6.16. The van der Waals surface area contributed by atoms with E-state index in [2.05, 4.69) is 43.4 Å². The zero-order valence-electron chi connectivity index (χ0n) is 9.84. The van der Waals surface area contributed by atoms with Crippen molar-refractivity contribution in [1.29, 1.82) is 0 Å². The molecule has 0 fully saturated rings. The maximum Gasteiger partial charge on any atom is 0.0434 e. The summed E-state index contributed by atoms with van der Waals surface area (Å²) in [6.07, 6.45) is 4.87. The van der Waals surface area contributed by atoms with Crippen LogP contribution in [0.5, 0.6) is 0 Å². The Morgan fingerprint density at radius 2 is 2.07 bits per heavy atom. The highest BCUT2D eigenvalue weighted by atomic mass is 15.0. The van der Waals surface area contributed by atoms with Crippen LogP contribution in [0, 0.1) is 0 Å². The molecular weight excluding hydrogens is 182 g/mol. The standard InChI is InChI=1S/C14H21N/c1-3-10-14(4-2)13-8-6-5-7-12(13)9-11-15-14/h5-8,15H,3-4,9-11H2,1-2H3. The molecule has 0 saturated carbocycles. The van der Waals surface area contributed by atoms with Crippen LogP contribution in [0.15, 0.2) is 24.3 Å². The Labute approximate surface area is 92.9 Å². The van der Waals surface area contributed by atoms with Gasteiger partial charge in [-0.05, 0) is 30.4 Å². The van der Waals surface area contributed by atoms with Crippen molar-refractivity contribution in [2.45, 2.75) is 45.1 Å². The summed E-state index contributed by atoms with van der Waals surface area (Å²) in [5.41, 5.74) is 3.34. The normalized spacial score (nSPS) is 24.9. The maximum atomic E-state index is 3.74. The second-order valence-electron chi connectivity index (χ2n) is 4.52. The third kappa shape index (κ3) is 1.81. The van der Waals surface area contributed by atoms with Gasteiger partial charge in [-0.3, -0.25) is 0 Å². The van der Waals surface area contributed by atoms with Gasteiger partial charge in [0, 0.05) is 12.1 Å². The average molecular weight is 203 g/mol. The minimum absolute atomic E-state index is 0.254. The number of nitrogens with one attached hydrogen (secondary N) is 1. The summed E-state index contributed by atoms with van der Waals surface area (Å²) in [6.45, 7) is 5.70. The average Bonchev–Trinajstić information content (AvgIpc) is 2.30. The van der Waals surface area contributed by atoms with E-state index in [1.165, 1.54) is 25.7 Å². The van der Waals surface area contributed by atoms with Gasteiger partial charge in [0.05, 0.1) is 0 Å². The van der Waals surface area contributed by atoms with Crippen LogP contribution in [0.2, 0.25) is 0 Å². The highest BCUT2D eigenvalue weighted by Gasteiger charge is 2.33. The minimum atomic E-state index is 0.254. The topological polar surface area (TPSA) is 12.0 Å². The number of rotatable bonds is 3. The molecule has 0 bridgehead atoms. The highest BCUT2D eigenvalue weighted by molar-refractivity contribution is 5.36. The van der Waals surface area contributed by atoms with Gasteiger partial charge in [-0.25, -0.2) is 0 Å². The van der Waals surface area contributed by atoms with Crippen LogP contribution in [0.4, 0.5) is 0 Å². The van der Waals surface area contributed by atoms with Crippen molar-refractivity contribution < 1.29 is 0 Å². The maximum absolute atomic E-state index is 3.74. The molecule has 1 N–H and O–H groups in total. The lowest BCUT2D eigenvalue weighted by Crippen LogP contribution is -2.46. The first-order chi connectivity index (χ1) is 7.32. The van der Waals surface area contributed by atoms with Crippen LogP contribution in [-0.2, 0) is 12.0 Å². The van der Waals surface area contributed by atoms with E-state index in [-0.39, 0.29) is 5.54 Å². The number of hydrogen-bond donors (Lipinski definition) is 1. The van der Waals surface area contributed by atoms with E-state index in [4.69, 9.17) is 0 Å². The fourth-order valence-electron chi connectivity index (χ4n) is 2.88. The Morgan fingerprint density at radius 1 is 1.27 bits per heavy atom. The molecule has 82 valence electrons. The molecule has 0 amide bonds. The molecule has 1 aromatic carbocycles. The molecule has 1 atom stereocenters. The van der Waals surface area contributed by atoms with E-state index in [0.29, 0.717) is 0 Å². The van der Waals surface area contributed by atoms with Gasteiger partial charge in [-0.15, -0.1) is 0 Å². The Bertz CT molecular complexity index is 332. The summed E-state index contributed by atoms with van der Waals surface area (Å²) in [6, 6.07) is 8.93. The van der Waals surface area contributed by atoms with Gasteiger partial charge in [0.1, 0.15) is 0 Å².